The Balaban J connectivity index is 2.04. The molecule has 0 spiro atoms. The summed E-state index contributed by atoms with van der Waals surface area (Å²) in [6.07, 6.45) is -2.80. The normalized spacial score (nSPS) is 31.2. The van der Waals surface area contributed by atoms with E-state index < -0.39 is 31.0 Å². The molecule has 4 atom stereocenters. The highest BCUT2D eigenvalue weighted by molar-refractivity contribution is 6.33. The summed E-state index contributed by atoms with van der Waals surface area (Å²) in [5.41, 5.74) is 1.16. The molecule has 0 saturated carbocycles. The van der Waals surface area contributed by atoms with E-state index in [-0.39, 0.29) is 5.15 Å². The van der Waals surface area contributed by atoms with Crippen LogP contribution in [-0.4, -0.2) is 60.4 Å². The van der Waals surface area contributed by atoms with Gasteiger partial charge in [-0.2, -0.15) is 5.10 Å². The Kier molecular flexibility index (Phi) is 3.11. The number of aliphatic hydroxyl groups is 3. The van der Waals surface area contributed by atoms with Crippen LogP contribution in [0.2, 0.25) is 5.15 Å². The molecule has 4 N–H and O–H groups in total. The van der Waals surface area contributed by atoms with E-state index in [0.29, 0.717) is 16.7 Å². The molecule has 4 unspecified atom stereocenters. The van der Waals surface area contributed by atoms with Gasteiger partial charge in [0.05, 0.1) is 12.3 Å². The fourth-order valence-corrected chi connectivity index (χ4v) is 2.33. The van der Waals surface area contributed by atoms with Gasteiger partial charge in [-0.15, -0.1) is 0 Å². The maximum atomic E-state index is 9.95. The number of H-pyrrole nitrogens is 1. The highest BCUT2D eigenvalue weighted by Gasteiger charge is 2.44. The van der Waals surface area contributed by atoms with E-state index in [9.17, 15) is 10.2 Å². The predicted molar refractivity (Wildman–Crippen MR) is 63.4 cm³/mol. The number of hydrogen-bond acceptors (Lipinski definition) is 7. The summed E-state index contributed by atoms with van der Waals surface area (Å²) in [6.45, 7) is -0.392. The molecule has 0 radical (unpaired) electrons. The maximum absolute atomic E-state index is 9.95. The number of nitrogens with one attached hydrogen (secondary N) is 1. The monoisotopic (exact) mass is 286 g/mol. The minimum absolute atomic E-state index is 0.180. The van der Waals surface area contributed by atoms with Crippen LogP contribution in [0.15, 0.2) is 6.33 Å². The summed E-state index contributed by atoms with van der Waals surface area (Å²) in [7, 11) is 0. The molecule has 9 heteroatoms. The number of hydrogen-bond donors (Lipinski definition) is 4. The Labute approximate surface area is 112 Å². The number of halogens is 1. The van der Waals surface area contributed by atoms with Crippen molar-refractivity contribution in [2.45, 2.75) is 24.4 Å². The second-order valence-electron chi connectivity index (χ2n) is 4.26. The van der Waals surface area contributed by atoms with Crippen LogP contribution in [0, 0.1) is 0 Å². The molecule has 19 heavy (non-hydrogen) atoms. The van der Waals surface area contributed by atoms with Gasteiger partial charge in [0.15, 0.2) is 5.15 Å². The van der Waals surface area contributed by atoms with Crippen LogP contribution < -0.4 is 0 Å². The average Bonchev–Trinajstić information content (AvgIpc) is 2.94. The van der Waals surface area contributed by atoms with Crippen LogP contribution in [0.4, 0.5) is 0 Å². The minimum atomic E-state index is -1.19. The first-order valence-corrected chi connectivity index (χ1v) is 5.98. The Hall–Kier alpha value is -1.32. The second kappa shape index (κ2) is 4.66. The highest BCUT2D eigenvalue weighted by atomic mass is 35.5. The van der Waals surface area contributed by atoms with E-state index in [1.807, 2.05) is 0 Å². The number of aliphatic hydroxyl groups excluding tert-OH is 3. The van der Waals surface area contributed by atoms with Crippen molar-refractivity contribution in [1.82, 2.24) is 20.2 Å². The smallest absolute Gasteiger partial charge is 0.160 e. The van der Waals surface area contributed by atoms with E-state index in [0.717, 1.165) is 0 Å². The number of ether oxygens (including phenoxy) is 1. The molecule has 3 rings (SSSR count). The molecule has 1 aliphatic heterocycles. The number of fused-ring (bicyclic) bond motifs is 1. The molecule has 1 aliphatic rings. The summed E-state index contributed by atoms with van der Waals surface area (Å²) in [6, 6.07) is 0. The highest BCUT2D eigenvalue weighted by Crippen LogP contribution is 2.35. The number of nitrogens with zero attached hydrogens (tertiary/aromatic N) is 3. The zero-order valence-corrected chi connectivity index (χ0v) is 10.3. The van der Waals surface area contributed by atoms with Gasteiger partial charge in [-0.05, 0) is 0 Å². The van der Waals surface area contributed by atoms with Gasteiger partial charge >= 0.3 is 0 Å². The molecule has 1 saturated heterocycles. The number of aromatic amines is 1. The molecular formula is C10H11ClN4O4. The maximum Gasteiger partial charge on any atom is 0.160 e. The number of aromatic nitrogens is 4. The fraction of sp³-hybridized carbons (Fsp3) is 0.500. The lowest BCUT2D eigenvalue weighted by molar-refractivity contribution is -0.0236. The third-order valence-corrected chi connectivity index (χ3v) is 3.42. The summed E-state index contributed by atoms with van der Waals surface area (Å²) >= 11 is 5.87. The molecule has 2 aromatic rings. The van der Waals surface area contributed by atoms with Gasteiger partial charge in [0.25, 0.3) is 0 Å². The van der Waals surface area contributed by atoms with Gasteiger partial charge in [-0.3, -0.25) is 5.10 Å². The van der Waals surface area contributed by atoms with Gasteiger partial charge in [-0.1, -0.05) is 11.6 Å². The van der Waals surface area contributed by atoms with Crippen molar-refractivity contribution in [3.8, 4) is 0 Å². The molecular weight excluding hydrogens is 276 g/mol. The van der Waals surface area contributed by atoms with Crippen LogP contribution in [0.3, 0.4) is 0 Å². The molecule has 0 aromatic carbocycles. The molecule has 3 heterocycles. The largest absolute Gasteiger partial charge is 0.394 e. The Morgan fingerprint density at radius 3 is 2.74 bits per heavy atom. The molecule has 8 nitrogen and oxygen atoms in total. The van der Waals surface area contributed by atoms with Crippen LogP contribution in [0.5, 0.6) is 0 Å². The van der Waals surface area contributed by atoms with E-state index in [1.54, 1.807) is 0 Å². The Bertz CT molecular complexity index is 606. The van der Waals surface area contributed by atoms with Crippen LogP contribution in [0.25, 0.3) is 11.0 Å². The zero-order chi connectivity index (χ0) is 13.6. The van der Waals surface area contributed by atoms with Gasteiger partial charge in [0.2, 0.25) is 0 Å². The van der Waals surface area contributed by atoms with Crippen molar-refractivity contribution >= 4 is 22.6 Å². The quantitative estimate of drug-likeness (QED) is 0.531. The van der Waals surface area contributed by atoms with E-state index in [4.69, 9.17) is 21.4 Å². The molecule has 1 fully saturated rings. The summed E-state index contributed by atoms with van der Waals surface area (Å²) in [5, 5.41) is 35.5. The van der Waals surface area contributed by atoms with Crippen LogP contribution in [0.1, 0.15) is 11.8 Å². The fourth-order valence-electron chi connectivity index (χ4n) is 2.16. The lowest BCUT2D eigenvalue weighted by Gasteiger charge is -2.12. The van der Waals surface area contributed by atoms with Crippen molar-refractivity contribution in [1.29, 1.82) is 0 Å². The first kappa shape index (κ1) is 12.7. The van der Waals surface area contributed by atoms with Gasteiger partial charge in [0.1, 0.15) is 41.8 Å². The van der Waals surface area contributed by atoms with E-state index >= 15 is 0 Å². The summed E-state index contributed by atoms with van der Waals surface area (Å²) in [4.78, 5) is 7.82. The van der Waals surface area contributed by atoms with Crippen molar-refractivity contribution in [3.63, 3.8) is 0 Å². The van der Waals surface area contributed by atoms with Crippen LogP contribution >= 0.6 is 11.6 Å². The average molecular weight is 287 g/mol. The third-order valence-electron chi connectivity index (χ3n) is 3.15. The van der Waals surface area contributed by atoms with E-state index in [1.165, 1.54) is 6.33 Å². The number of rotatable bonds is 2. The Morgan fingerprint density at radius 1 is 1.26 bits per heavy atom. The van der Waals surface area contributed by atoms with Crippen molar-refractivity contribution < 1.29 is 20.1 Å². The van der Waals surface area contributed by atoms with Gasteiger partial charge in [0, 0.05) is 0 Å². The topological polar surface area (TPSA) is 124 Å². The van der Waals surface area contributed by atoms with Gasteiger partial charge in [-0.25, -0.2) is 9.97 Å². The third kappa shape index (κ3) is 1.88. The molecule has 0 amide bonds. The standard InChI is InChI=1S/C10H11ClN4O4/c11-10-6-4(12-2-13-10)5(14-15-6)9-8(18)7(17)3(1-16)19-9/h2-3,7-9,16-18H,1H2,(H,14,15). The summed E-state index contributed by atoms with van der Waals surface area (Å²) < 4.78 is 5.40. The SMILES string of the molecule is OCC1OC(c2[nH]nc3c(Cl)ncnc23)C(O)C1O. The Morgan fingerprint density at radius 2 is 2.05 bits per heavy atom. The molecule has 0 bridgehead atoms. The minimum Gasteiger partial charge on any atom is -0.394 e. The van der Waals surface area contributed by atoms with Crippen molar-refractivity contribution in [2.75, 3.05) is 6.61 Å². The van der Waals surface area contributed by atoms with Crippen molar-refractivity contribution in [3.05, 3.63) is 17.2 Å². The first-order chi connectivity index (χ1) is 9.13. The zero-order valence-electron chi connectivity index (χ0n) is 9.56. The lowest BCUT2D eigenvalue weighted by atomic mass is 10.1. The molecule has 0 aliphatic carbocycles. The lowest BCUT2D eigenvalue weighted by Crippen LogP contribution is -2.32. The second-order valence-corrected chi connectivity index (χ2v) is 4.62. The summed E-state index contributed by atoms with van der Waals surface area (Å²) in [5.74, 6) is 0. The van der Waals surface area contributed by atoms with Crippen molar-refractivity contribution in [2.24, 2.45) is 0 Å². The first-order valence-electron chi connectivity index (χ1n) is 5.60. The predicted octanol–water partition coefficient (Wildman–Crippen LogP) is -0.840. The van der Waals surface area contributed by atoms with Crippen LogP contribution in [-0.2, 0) is 4.74 Å². The van der Waals surface area contributed by atoms with Gasteiger partial charge < -0.3 is 20.1 Å². The van der Waals surface area contributed by atoms with E-state index in [2.05, 4.69) is 20.2 Å². The molecule has 102 valence electrons. The molecule has 2 aromatic heterocycles.